The van der Waals surface area contributed by atoms with Crippen LogP contribution in [0.1, 0.15) is 25.1 Å². The Morgan fingerprint density at radius 3 is 3.04 bits per heavy atom. The van der Waals surface area contributed by atoms with E-state index in [0.717, 1.165) is 29.7 Å². The summed E-state index contributed by atoms with van der Waals surface area (Å²) in [5.41, 5.74) is 2.31. The number of aromatic nitrogens is 5. The Labute approximate surface area is 156 Å². The van der Waals surface area contributed by atoms with Gasteiger partial charge in [-0.3, -0.25) is 4.68 Å². The molecule has 0 aliphatic carbocycles. The minimum atomic E-state index is -0.939. The first kappa shape index (κ1) is 17.7. The van der Waals surface area contributed by atoms with Gasteiger partial charge in [-0.25, -0.2) is 4.39 Å². The second-order valence-corrected chi connectivity index (χ2v) is 6.87. The van der Waals surface area contributed by atoms with Crippen LogP contribution in [-0.2, 0) is 0 Å². The Hall–Kier alpha value is -2.68. The molecule has 9 heteroatoms. The van der Waals surface area contributed by atoms with Gasteiger partial charge in [0.2, 0.25) is 11.8 Å². The molecule has 1 aliphatic rings. The molecule has 0 aromatic carbocycles. The number of piperidine rings is 1. The number of alkyl halides is 1. The second-order valence-electron chi connectivity index (χ2n) is 6.87. The summed E-state index contributed by atoms with van der Waals surface area (Å²) in [6, 6.07) is 1.64. The molecule has 0 unspecified atom stereocenters. The van der Waals surface area contributed by atoms with Crippen LogP contribution in [0.4, 0.5) is 16.0 Å². The predicted octanol–water partition coefficient (Wildman–Crippen LogP) is 2.82. The largest absolute Gasteiger partial charge is 0.477 e. The number of H-pyrrole nitrogens is 1. The second kappa shape index (κ2) is 7.15. The molecule has 144 valence electrons. The molecule has 0 saturated carbocycles. The van der Waals surface area contributed by atoms with Crippen LogP contribution in [0.5, 0.6) is 5.88 Å². The Kier molecular flexibility index (Phi) is 4.69. The van der Waals surface area contributed by atoms with E-state index >= 15 is 0 Å². The molecule has 2 N–H and O–H groups in total. The van der Waals surface area contributed by atoms with Gasteiger partial charge < -0.3 is 19.9 Å². The maximum absolute atomic E-state index is 14.5. The van der Waals surface area contributed by atoms with Crippen molar-refractivity contribution < 1.29 is 9.13 Å². The topological polar surface area (TPSA) is 83.9 Å². The highest BCUT2D eigenvalue weighted by molar-refractivity contribution is 5.82. The molecule has 0 amide bonds. The van der Waals surface area contributed by atoms with Gasteiger partial charge in [-0.15, -0.1) is 0 Å². The summed E-state index contributed by atoms with van der Waals surface area (Å²) in [7, 11) is 1.94. The number of hydrogen-bond acceptors (Lipinski definition) is 6. The molecule has 0 spiro atoms. The van der Waals surface area contributed by atoms with Gasteiger partial charge in [0.25, 0.3) is 0 Å². The van der Waals surface area contributed by atoms with Crippen molar-refractivity contribution >= 4 is 22.7 Å². The van der Waals surface area contributed by atoms with Crippen LogP contribution in [0.3, 0.4) is 0 Å². The van der Waals surface area contributed by atoms with Gasteiger partial charge in [0.15, 0.2) is 0 Å². The van der Waals surface area contributed by atoms with Crippen molar-refractivity contribution in [2.24, 2.45) is 0 Å². The molecule has 1 fully saturated rings. The van der Waals surface area contributed by atoms with E-state index in [4.69, 9.17) is 4.74 Å². The number of nitrogens with one attached hydrogen (secondary N) is 2. The fourth-order valence-corrected chi connectivity index (χ4v) is 3.54. The first-order valence-corrected chi connectivity index (χ1v) is 9.18. The Morgan fingerprint density at radius 2 is 2.26 bits per heavy atom. The summed E-state index contributed by atoms with van der Waals surface area (Å²) in [6.45, 7) is 5.64. The molecular weight excluding hydrogens is 349 g/mol. The van der Waals surface area contributed by atoms with E-state index < -0.39 is 6.17 Å². The maximum atomic E-state index is 14.5. The van der Waals surface area contributed by atoms with Crippen LogP contribution in [0.25, 0.3) is 11.0 Å². The monoisotopic (exact) mass is 373 g/mol. The highest BCUT2D eigenvalue weighted by Crippen LogP contribution is 2.30. The zero-order valence-electron chi connectivity index (χ0n) is 15.7. The van der Waals surface area contributed by atoms with Crippen LogP contribution in [0.2, 0.25) is 0 Å². The van der Waals surface area contributed by atoms with E-state index in [1.807, 2.05) is 31.9 Å². The third-order valence-electron chi connectivity index (χ3n) is 4.98. The lowest BCUT2D eigenvalue weighted by molar-refractivity contribution is 0.0994. The Bertz CT molecular complexity index is 937. The van der Waals surface area contributed by atoms with Crippen molar-refractivity contribution in [2.45, 2.75) is 32.5 Å². The molecular formula is C18H24FN7O. The molecule has 3 aromatic rings. The quantitative estimate of drug-likeness (QED) is 0.715. The molecule has 27 heavy (non-hydrogen) atoms. The SMILES string of the molecule is CCOc1nc(Nc2cnn([C@@H]3CCN(C)C[C@H]3F)c2C)nc2[nH]ccc12. The predicted molar refractivity (Wildman–Crippen MR) is 101 cm³/mol. The molecule has 1 saturated heterocycles. The smallest absolute Gasteiger partial charge is 0.232 e. The van der Waals surface area contributed by atoms with Crippen molar-refractivity contribution in [1.82, 2.24) is 29.6 Å². The Morgan fingerprint density at radius 1 is 1.41 bits per heavy atom. The normalized spacial score (nSPS) is 20.9. The van der Waals surface area contributed by atoms with Crippen LogP contribution in [0, 0.1) is 6.92 Å². The van der Waals surface area contributed by atoms with E-state index in [-0.39, 0.29) is 6.04 Å². The van der Waals surface area contributed by atoms with E-state index in [9.17, 15) is 4.39 Å². The van der Waals surface area contributed by atoms with Gasteiger partial charge in [0.05, 0.1) is 35.6 Å². The zero-order valence-corrected chi connectivity index (χ0v) is 15.7. The average molecular weight is 373 g/mol. The number of anilines is 2. The number of rotatable bonds is 5. The summed E-state index contributed by atoms with van der Waals surface area (Å²) in [6.07, 6.45) is 3.30. The number of ether oxygens (including phenoxy) is 1. The molecule has 3 aromatic heterocycles. The van der Waals surface area contributed by atoms with Gasteiger partial charge >= 0.3 is 0 Å². The van der Waals surface area contributed by atoms with Gasteiger partial charge in [-0.2, -0.15) is 15.1 Å². The summed E-state index contributed by atoms with van der Waals surface area (Å²) in [4.78, 5) is 14.0. The van der Waals surface area contributed by atoms with E-state index in [1.165, 1.54) is 0 Å². The standard InChI is InChI=1S/C18H24FN7O/c1-4-27-17-12-5-7-20-16(12)23-18(24-17)22-14-9-21-26(11(14)2)15-6-8-25(3)10-13(15)19/h5,7,9,13,15H,4,6,8,10H2,1-3H3,(H2,20,22,23,24)/t13-,15-/m1/s1. The van der Waals surface area contributed by atoms with E-state index in [1.54, 1.807) is 17.1 Å². The molecule has 4 rings (SSSR count). The van der Waals surface area contributed by atoms with E-state index in [2.05, 4.69) is 25.4 Å². The average Bonchev–Trinajstić information content (AvgIpc) is 3.23. The lowest BCUT2D eigenvalue weighted by atomic mass is 10.0. The number of nitrogens with zero attached hydrogens (tertiary/aromatic N) is 5. The number of halogens is 1. The number of likely N-dealkylation sites (tertiary alicyclic amines) is 1. The summed E-state index contributed by atoms with van der Waals surface area (Å²) < 4.78 is 21.9. The third kappa shape index (κ3) is 3.34. The molecule has 8 nitrogen and oxygen atoms in total. The number of fused-ring (bicyclic) bond motifs is 1. The molecule has 4 heterocycles. The van der Waals surface area contributed by atoms with Gasteiger partial charge in [0.1, 0.15) is 11.8 Å². The van der Waals surface area contributed by atoms with Gasteiger partial charge in [0, 0.05) is 19.3 Å². The van der Waals surface area contributed by atoms with Crippen LogP contribution in [-0.4, -0.2) is 62.5 Å². The lowest BCUT2D eigenvalue weighted by Gasteiger charge is -2.32. The van der Waals surface area contributed by atoms with Gasteiger partial charge in [-0.1, -0.05) is 0 Å². The van der Waals surface area contributed by atoms with Crippen molar-refractivity contribution in [3.05, 3.63) is 24.2 Å². The molecule has 2 atom stereocenters. The van der Waals surface area contributed by atoms with Crippen LogP contribution in [0.15, 0.2) is 18.5 Å². The lowest BCUT2D eigenvalue weighted by Crippen LogP contribution is -2.41. The molecule has 1 aliphatic heterocycles. The summed E-state index contributed by atoms with van der Waals surface area (Å²) >= 11 is 0. The highest BCUT2D eigenvalue weighted by atomic mass is 19.1. The van der Waals surface area contributed by atoms with Crippen molar-refractivity contribution in [2.75, 3.05) is 32.1 Å². The van der Waals surface area contributed by atoms with Gasteiger partial charge in [-0.05, 0) is 33.4 Å². The number of aromatic amines is 1. The third-order valence-corrected chi connectivity index (χ3v) is 4.98. The Balaban J connectivity index is 1.60. The zero-order chi connectivity index (χ0) is 19.0. The molecule has 0 radical (unpaired) electrons. The van der Waals surface area contributed by atoms with Crippen molar-refractivity contribution in [1.29, 1.82) is 0 Å². The highest BCUT2D eigenvalue weighted by Gasteiger charge is 2.30. The molecule has 0 bridgehead atoms. The first-order chi connectivity index (χ1) is 13.1. The minimum absolute atomic E-state index is 0.248. The first-order valence-electron chi connectivity index (χ1n) is 9.18. The fraction of sp³-hybridized carbons (Fsp3) is 0.500. The van der Waals surface area contributed by atoms with Crippen LogP contribution >= 0.6 is 0 Å². The minimum Gasteiger partial charge on any atom is -0.477 e. The van der Waals surface area contributed by atoms with Crippen molar-refractivity contribution in [3.8, 4) is 5.88 Å². The number of hydrogen-bond donors (Lipinski definition) is 2. The van der Waals surface area contributed by atoms with Crippen LogP contribution < -0.4 is 10.1 Å². The maximum Gasteiger partial charge on any atom is 0.232 e. The van der Waals surface area contributed by atoms with Crippen molar-refractivity contribution in [3.63, 3.8) is 0 Å². The fourth-order valence-electron chi connectivity index (χ4n) is 3.54. The summed E-state index contributed by atoms with van der Waals surface area (Å²) in [5.74, 6) is 0.937. The summed E-state index contributed by atoms with van der Waals surface area (Å²) in [5, 5.41) is 8.46. The van der Waals surface area contributed by atoms with E-state index in [0.29, 0.717) is 30.6 Å².